The molecule has 1 saturated heterocycles. The largest absolute Gasteiger partial charge is 0.399 e. The van der Waals surface area contributed by atoms with E-state index in [1.807, 2.05) is 47.6 Å². The van der Waals surface area contributed by atoms with Crippen molar-refractivity contribution in [3.63, 3.8) is 0 Å². The summed E-state index contributed by atoms with van der Waals surface area (Å²) in [6.07, 6.45) is 5.49. The topological polar surface area (TPSA) is 79.4 Å². The van der Waals surface area contributed by atoms with Gasteiger partial charge in [-0.3, -0.25) is 4.57 Å². The van der Waals surface area contributed by atoms with E-state index in [0.29, 0.717) is 17.8 Å². The van der Waals surface area contributed by atoms with Gasteiger partial charge < -0.3 is 20.9 Å². The Morgan fingerprint density at radius 2 is 2.00 bits per heavy atom. The number of anilines is 3. The lowest BCUT2D eigenvalue weighted by Crippen LogP contribution is -2.47. The van der Waals surface area contributed by atoms with Gasteiger partial charge in [-0.2, -0.15) is 0 Å². The van der Waals surface area contributed by atoms with E-state index in [2.05, 4.69) is 42.2 Å². The number of nitrogen functional groups attached to an aromatic ring is 1. The van der Waals surface area contributed by atoms with Crippen molar-refractivity contribution in [3.05, 3.63) is 48.8 Å². The summed E-state index contributed by atoms with van der Waals surface area (Å²) in [4.78, 5) is 21.9. The molecular formula is C23H30N6O. The van der Waals surface area contributed by atoms with Crippen LogP contribution < -0.4 is 16.0 Å². The summed E-state index contributed by atoms with van der Waals surface area (Å²) in [7, 11) is 2.10. The molecule has 0 spiro atoms. The number of piperidine rings is 1. The average Bonchev–Trinajstić information content (AvgIpc) is 3.16. The molecule has 1 aliphatic rings. The summed E-state index contributed by atoms with van der Waals surface area (Å²) in [5, 5.41) is 4.46. The van der Waals surface area contributed by atoms with Crippen molar-refractivity contribution in [2.24, 2.45) is 0 Å². The Kier molecular flexibility index (Phi) is 5.53. The number of rotatable bonds is 4. The number of pyridine rings is 1. The molecule has 4 rings (SSSR count). The number of amides is 1. The summed E-state index contributed by atoms with van der Waals surface area (Å²) >= 11 is 0. The Morgan fingerprint density at radius 1 is 1.23 bits per heavy atom. The average molecular weight is 407 g/mol. The first kappa shape index (κ1) is 20.1. The van der Waals surface area contributed by atoms with Crippen LogP contribution in [-0.2, 0) is 0 Å². The zero-order valence-corrected chi connectivity index (χ0v) is 17.9. The smallest absolute Gasteiger partial charge is 0.328 e. The third kappa shape index (κ3) is 3.92. The van der Waals surface area contributed by atoms with E-state index >= 15 is 0 Å². The molecule has 3 aromatic rings. The first-order chi connectivity index (χ1) is 14.4. The first-order valence-corrected chi connectivity index (χ1v) is 10.5. The lowest BCUT2D eigenvalue weighted by molar-refractivity contribution is 0.183. The summed E-state index contributed by atoms with van der Waals surface area (Å²) in [5.41, 5.74) is 8.51. The SMILES string of the molecule is CC(C)Nc1cccnc1N(C)C1CCN(C(=O)n2ccc3cc(N)ccc32)CC1. The van der Waals surface area contributed by atoms with E-state index in [1.54, 1.807) is 4.57 Å². The number of carbonyl (C=O) groups is 1. The van der Waals surface area contributed by atoms with Crippen molar-refractivity contribution < 1.29 is 4.79 Å². The maximum absolute atomic E-state index is 13.1. The van der Waals surface area contributed by atoms with Gasteiger partial charge in [-0.1, -0.05) is 0 Å². The highest BCUT2D eigenvalue weighted by molar-refractivity contribution is 5.93. The second kappa shape index (κ2) is 8.26. The summed E-state index contributed by atoms with van der Waals surface area (Å²) < 4.78 is 1.72. The standard InChI is InChI=1S/C23H30N6O/c1-16(2)26-20-5-4-11-25-22(20)27(3)19-9-12-28(13-10-19)23(30)29-14-8-17-15-18(24)6-7-21(17)29/h4-8,11,14-16,19,26H,9-10,12-13,24H2,1-3H3. The number of nitrogens with zero attached hydrogens (tertiary/aromatic N) is 4. The van der Waals surface area contributed by atoms with Gasteiger partial charge in [0.25, 0.3) is 0 Å². The molecule has 1 fully saturated rings. The number of fused-ring (bicyclic) bond motifs is 1. The monoisotopic (exact) mass is 406 g/mol. The number of nitrogens with one attached hydrogen (secondary N) is 1. The van der Waals surface area contributed by atoms with E-state index in [4.69, 9.17) is 5.73 Å². The van der Waals surface area contributed by atoms with Crippen LogP contribution in [0.4, 0.5) is 22.0 Å². The van der Waals surface area contributed by atoms with Crippen molar-refractivity contribution in [1.29, 1.82) is 0 Å². The fraction of sp³-hybridized carbons (Fsp3) is 0.391. The number of carbonyl (C=O) groups excluding carboxylic acids is 1. The minimum atomic E-state index is 0.0240. The van der Waals surface area contributed by atoms with Gasteiger partial charge in [-0.25, -0.2) is 9.78 Å². The van der Waals surface area contributed by atoms with Crippen molar-refractivity contribution >= 4 is 34.1 Å². The number of nitrogens with two attached hydrogens (primary N) is 1. The van der Waals surface area contributed by atoms with E-state index in [1.165, 1.54) is 0 Å². The Labute approximate surface area is 177 Å². The highest BCUT2D eigenvalue weighted by Crippen LogP contribution is 2.28. The van der Waals surface area contributed by atoms with E-state index in [0.717, 1.165) is 48.3 Å². The Balaban J connectivity index is 1.44. The third-order valence-corrected chi connectivity index (χ3v) is 5.77. The van der Waals surface area contributed by atoms with Gasteiger partial charge in [0.15, 0.2) is 5.82 Å². The Morgan fingerprint density at radius 3 is 2.73 bits per heavy atom. The minimum absolute atomic E-state index is 0.0240. The lowest BCUT2D eigenvalue weighted by atomic mass is 10.0. The Bertz CT molecular complexity index is 1040. The van der Waals surface area contributed by atoms with Crippen LogP contribution in [0.2, 0.25) is 0 Å². The zero-order chi connectivity index (χ0) is 21.3. The molecule has 2 aromatic heterocycles. The molecule has 0 radical (unpaired) electrons. The molecule has 1 aromatic carbocycles. The predicted octanol–water partition coefficient (Wildman–Crippen LogP) is 4.01. The van der Waals surface area contributed by atoms with Gasteiger partial charge in [-0.15, -0.1) is 0 Å². The van der Waals surface area contributed by atoms with Crippen molar-refractivity contribution in [2.75, 3.05) is 36.1 Å². The van der Waals surface area contributed by atoms with Crippen molar-refractivity contribution in [2.45, 2.75) is 38.8 Å². The second-order valence-electron chi connectivity index (χ2n) is 8.29. The van der Waals surface area contributed by atoms with Gasteiger partial charge in [0.2, 0.25) is 0 Å². The Hall–Kier alpha value is -3.22. The number of hydrogen-bond acceptors (Lipinski definition) is 5. The maximum Gasteiger partial charge on any atom is 0.328 e. The molecular weight excluding hydrogens is 376 g/mol. The van der Waals surface area contributed by atoms with E-state index < -0.39 is 0 Å². The van der Waals surface area contributed by atoms with E-state index in [-0.39, 0.29) is 6.03 Å². The molecule has 7 nitrogen and oxygen atoms in total. The second-order valence-corrected chi connectivity index (χ2v) is 8.29. The normalized spacial score (nSPS) is 15.0. The fourth-order valence-corrected chi connectivity index (χ4v) is 4.20. The third-order valence-electron chi connectivity index (χ3n) is 5.77. The molecule has 0 aliphatic carbocycles. The van der Waals surface area contributed by atoms with Crippen LogP contribution in [0.5, 0.6) is 0 Å². The number of likely N-dealkylation sites (tertiary alicyclic amines) is 1. The van der Waals surface area contributed by atoms with Gasteiger partial charge in [0.05, 0.1) is 11.2 Å². The zero-order valence-electron chi connectivity index (χ0n) is 17.9. The highest BCUT2D eigenvalue weighted by atomic mass is 16.2. The number of aromatic nitrogens is 2. The molecule has 7 heteroatoms. The van der Waals surface area contributed by atoms with Gasteiger partial charge in [0.1, 0.15) is 0 Å². The van der Waals surface area contributed by atoms with Gasteiger partial charge in [-0.05, 0) is 63.1 Å². The van der Waals surface area contributed by atoms with Gasteiger partial charge >= 0.3 is 6.03 Å². The summed E-state index contributed by atoms with van der Waals surface area (Å²) in [6, 6.07) is 12.3. The molecule has 0 unspecified atom stereocenters. The number of benzene rings is 1. The fourth-order valence-electron chi connectivity index (χ4n) is 4.20. The van der Waals surface area contributed by atoms with Crippen LogP contribution in [0.15, 0.2) is 48.8 Å². The predicted molar refractivity (Wildman–Crippen MR) is 123 cm³/mol. The maximum atomic E-state index is 13.1. The molecule has 3 heterocycles. The minimum Gasteiger partial charge on any atom is -0.399 e. The lowest BCUT2D eigenvalue weighted by Gasteiger charge is -2.38. The number of hydrogen-bond donors (Lipinski definition) is 2. The van der Waals surface area contributed by atoms with Crippen molar-refractivity contribution in [3.8, 4) is 0 Å². The molecule has 30 heavy (non-hydrogen) atoms. The summed E-state index contributed by atoms with van der Waals surface area (Å²) in [5.74, 6) is 0.963. The molecule has 0 saturated carbocycles. The molecule has 0 bridgehead atoms. The molecule has 0 atom stereocenters. The van der Waals surface area contributed by atoms with Crippen LogP contribution in [0.1, 0.15) is 26.7 Å². The van der Waals surface area contributed by atoms with Crippen molar-refractivity contribution in [1.82, 2.24) is 14.5 Å². The van der Waals surface area contributed by atoms with Crippen LogP contribution in [0.25, 0.3) is 10.9 Å². The molecule has 1 amide bonds. The summed E-state index contributed by atoms with van der Waals surface area (Å²) in [6.45, 7) is 5.70. The molecule has 158 valence electrons. The van der Waals surface area contributed by atoms with Gasteiger partial charge in [0, 0.05) is 55.7 Å². The van der Waals surface area contributed by atoms with E-state index in [9.17, 15) is 4.79 Å². The molecule has 1 aliphatic heterocycles. The van der Waals surface area contributed by atoms with Crippen LogP contribution >= 0.6 is 0 Å². The quantitative estimate of drug-likeness (QED) is 0.640. The van der Waals surface area contributed by atoms with Crippen LogP contribution in [0, 0.1) is 0 Å². The van der Waals surface area contributed by atoms with Crippen LogP contribution in [-0.4, -0.2) is 52.7 Å². The first-order valence-electron chi connectivity index (χ1n) is 10.5. The van der Waals surface area contributed by atoms with Crippen LogP contribution in [0.3, 0.4) is 0 Å². The highest BCUT2D eigenvalue weighted by Gasteiger charge is 2.28. The molecule has 3 N–H and O–H groups in total.